The summed E-state index contributed by atoms with van der Waals surface area (Å²) in [6.07, 6.45) is 3.27. The van der Waals surface area contributed by atoms with E-state index in [4.69, 9.17) is 0 Å². The molecule has 2 unspecified atom stereocenters. The minimum atomic E-state index is -0.975. The van der Waals surface area contributed by atoms with Crippen LogP contribution in [0.5, 0.6) is 0 Å². The van der Waals surface area contributed by atoms with Gasteiger partial charge in [-0.15, -0.1) is 0 Å². The molecular formula is C20H30O4. The smallest absolute Gasteiger partial charge is 0.160 e. The Balaban J connectivity index is 2.10. The lowest BCUT2D eigenvalue weighted by Gasteiger charge is -2.56. The molecule has 2 N–H and O–H groups in total. The summed E-state index contributed by atoms with van der Waals surface area (Å²) >= 11 is 0. The summed E-state index contributed by atoms with van der Waals surface area (Å²) < 4.78 is 0. The van der Waals surface area contributed by atoms with Crippen molar-refractivity contribution in [2.75, 3.05) is 6.61 Å². The van der Waals surface area contributed by atoms with E-state index >= 15 is 0 Å². The van der Waals surface area contributed by atoms with E-state index < -0.39 is 11.5 Å². The second-order valence-electron chi connectivity index (χ2n) is 9.42. The highest BCUT2D eigenvalue weighted by Gasteiger charge is 2.57. The van der Waals surface area contributed by atoms with E-state index in [1.807, 2.05) is 6.92 Å². The quantitative estimate of drug-likeness (QED) is 0.814. The molecule has 134 valence electrons. The number of aliphatic hydroxyl groups is 2. The van der Waals surface area contributed by atoms with Crippen molar-refractivity contribution in [3.8, 4) is 0 Å². The molecule has 1 saturated carbocycles. The Kier molecular flexibility index (Phi) is 4.08. The van der Waals surface area contributed by atoms with Gasteiger partial charge in [0.05, 0.1) is 12.7 Å². The van der Waals surface area contributed by atoms with E-state index in [2.05, 4.69) is 20.8 Å². The van der Waals surface area contributed by atoms with Gasteiger partial charge in [-0.05, 0) is 30.6 Å². The van der Waals surface area contributed by atoms with Crippen molar-refractivity contribution < 1.29 is 19.8 Å². The summed E-state index contributed by atoms with van der Waals surface area (Å²) in [6, 6.07) is 0. The molecule has 3 aliphatic carbocycles. The number of carbonyl (C=O) groups is 2. The van der Waals surface area contributed by atoms with Gasteiger partial charge in [0, 0.05) is 34.8 Å². The van der Waals surface area contributed by atoms with Gasteiger partial charge in [0.1, 0.15) is 0 Å². The molecule has 0 heterocycles. The van der Waals surface area contributed by atoms with E-state index in [0.717, 1.165) is 24.8 Å². The first kappa shape index (κ1) is 17.8. The molecule has 4 atom stereocenters. The molecule has 4 nitrogen and oxygen atoms in total. The third-order valence-corrected chi connectivity index (χ3v) is 7.23. The Morgan fingerprint density at radius 2 is 1.75 bits per heavy atom. The zero-order valence-electron chi connectivity index (χ0n) is 15.3. The van der Waals surface area contributed by atoms with Crippen molar-refractivity contribution in [3.63, 3.8) is 0 Å². The summed E-state index contributed by atoms with van der Waals surface area (Å²) in [5.41, 5.74) is 0.477. The molecule has 3 rings (SSSR count). The van der Waals surface area contributed by atoms with Crippen LogP contribution in [0.25, 0.3) is 0 Å². The molecule has 0 amide bonds. The molecule has 0 bridgehead atoms. The first-order chi connectivity index (χ1) is 11.0. The molecule has 0 saturated heterocycles. The average molecular weight is 334 g/mol. The lowest BCUT2D eigenvalue weighted by atomic mass is 9.47. The number of allylic oxidation sites excluding steroid dienone is 2. The molecule has 0 aromatic rings. The van der Waals surface area contributed by atoms with Crippen molar-refractivity contribution in [1.29, 1.82) is 0 Å². The highest BCUT2D eigenvalue weighted by Crippen LogP contribution is 2.61. The van der Waals surface area contributed by atoms with Crippen LogP contribution in [0.15, 0.2) is 11.1 Å². The lowest BCUT2D eigenvalue weighted by Crippen LogP contribution is -2.52. The first-order valence-electron chi connectivity index (χ1n) is 9.14. The van der Waals surface area contributed by atoms with E-state index in [-0.39, 0.29) is 41.3 Å². The average Bonchev–Trinajstić information content (AvgIpc) is 2.48. The Morgan fingerprint density at radius 1 is 1.08 bits per heavy atom. The van der Waals surface area contributed by atoms with Gasteiger partial charge in [0.25, 0.3) is 0 Å². The van der Waals surface area contributed by atoms with Crippen LogP contribution < -0.4 is 0 Å². The molecule has 0 aromatic heterocycles. The second kappa shape index (κ2) is 5.50. The Hall–Kier alpha value is -1.00. The van der Waals surface area contributed by atoms with Crippen LogP contribution in [0, 0.1) is 22.2 Å². The largest absolute Gasteiger partial charge is 0.394 e. The van der Waals surface area contributed by atoms with Crippen molar-refractivity contribution in [2.45, 2.75) is 72.3 Å². The number of hydrogen-bond donors (Lipinski definition) is 2. The Labute approximate surface area is 144 Å². The highest BCUT2D eigenvalue weighted by molar-refractivity contribution is 6.10. The van der Waals surface area contributed by atoms with Gasteiger partial charge in [-0.2, -0.15) is 0 Å². The third-order valence-electron chi connectivity index (χ3n) is 7.23. The molecule has 0 spiro atoms. The van der Waals surface area contributed by atoms with Gasteiger partial charge < -0.3 is 10.2 Å². The van der Waals surface area contributed by atoms with Crippen LogP contribution in [0.2, 0.25) is 0 Å². The zero-order chi connectivity index (χ0) is 17.9. The van der Waals surface area contributed by atoms with Gasteiger partial charge in [0.2, 0.25) is 0 Å². The third kappa shape index (κ3) is 2.41. The van der Waals surface area contributed by atoms with Crippen LogP contribution in [0.4, 0.5) is 0 Å². The fourth-order valence-electron chi connectivity index (χ4n) is 5.77. The highest BCUT2D eigenvalue weighted by atomic mass is 16.3. The topological polar surface area (TPSA) is 74.6 Å². The van der Waals surface area contributed by atoms with Crippen LogP contribution in [-0.2, 0) is 9.59 Å². The van der Waals surface area contributed by atoms with E-state index in [0.29, 0.717) is 18.4 Å². The van der Waals surface area contributed by atoms with Gasteiger partial charge in [-0.1, -0.05) is 34.1 Å². The maximum Gasteiger partial charge on any atom is 0.160 e. The lowest BCUT2D eigenvalue weighted by molar-refractivity contribution is -0.132. The molecule has 0 radical (unpaired) electrons. The Bertz CT molecular complexity index is 617. The predicted molar refractivity (Wildman–Crippen MR) is 91.3 cm³/mol. The van der Waals surface area contributed by atoms with Crippen molar-refractivity contribution in [2.24, 2.45) is 22.2 Å². The van der Waals surface area contributed by atoms with Crippen LogP contribution in [-0.4, -0.2) is 34.5 Å². The minimum absolute atomic E-state index is 0.00417. The Morgan fingerprint density at radius 3 is 2.38 bits per heavy atom. The number of ketones is 2. The van der Waals surface area contributed by atoms with Gasteiger partial charge in [0.15, 0.2) is 11.6 Å². The van der Waals surface area contributed by atoms with Crippen LogP contribution in [0.1, 0.15) is 66.2 Å². The van der Waals surface area contributed by atoms with Crippen molar-refractivity contribution in [3.05, 3.63) is 11.1 Å². The van der Waals surface area contributed by atoms with Gasteiger partial charge >= 0.3 is 0 Å². The monoisotopic (exact) mass is 334 g/mol. The van der Waals surface area contributed by atoms with Crippen LogP contribution >= 0.6 is 0 Å². The number of rotatable bonds is 2. The molecule has 4 heteroatoms. The standard InChI is InChI=1S/C20H30O4/c1-18(2)6-5-7-20(4)15(18)8-13(22)12-9-19(3,16(24)11-21)10-14(23)17(12)20/h15-16,21,24H,5-11H2,1-4H3/t15?,16?,19-,20+/m1/s1. The first-order valence-corrected chi connectivity index (χ1v) is 9.14. The number of aliphatic hydroxyl groups excluding tert-OH is 2. The summed E-state index contributed by atoms with van der Waals surface area (Å²) in [5, 5.41) is 19.5. The summed E-state index contributed by atoms with van der Waals surface area (Å²) in [6.45, 7) is 8.04. The SMILES string of the molecule is CC1(C)CCC[C@]2(C)C3=C(C[C@@](C)(C(O)CO)CC3=O)C(=O)CC12. The van der Waals surface area contributed by atoms with Crippen LogP contribution in [0.3, 0.4) is 0 Å². The minimum Gasteiger partial charge on any atom is -0.394 e. The maximum absolute atomic E-state index is 13.1. The van der Waals surface area contributed by atoms with Crippen molar-refractivity contribution in [1.82, 2.24) is 0 Å². The zero-order valence-corrected chi connectivity index (χ0v) is 15.3. The number of Topliss-reactive ketones (excluding diaryl/α,β-unsaturated/α-hetero) is 2. The van der Waals surface area contributed by atoms with Crippen molar-refractivity contribution >= 4 is 11.6 Å². The summed E-state index contributed by atoms with van der Waals surface area (Å²) in [5.74, 6) is 0.289. The second-order valence-corrected chi connectivity index (χ2v) is 9.42. The fraction of sp³-hybridized carbons (Fsp3) is 0.800. The predicted octanol–water partition coefficient (Wildman–Crippen LogP) is 2.81. The van der Waals surface area contributed by atoms with E-state index in [1.54, 1.807) is 0 Å². The van der Waals surface area contributed by atoms with E-state index in [1.165, 1.54) is 0 Å². The molecule has 0 aromatic carbocycles. The van der Waals surface area contributed by atoms with Gasteiger partial charge in [-0.3, -0.25) is 9.59 Å². The van der Waals surface area contributed by atoms with Gasteiger partial charge in [-0.25, -0.2) is 0 Å². The summed E-state index contributed by atoms with van der Waals surface area (Å²) in [7, 11) is 0. The molecule has 3 aliphatic rings. The number of carbonyl (C=O) groups excluding carboxylic acids is 2. The molecular weight excluding hydrogens is 304 g/mol. The maximum atomic E-state index is 13.1. The molecule has 24 heavy (non-hydrogen) atoms. The number of hydrogen-bond acceptors (Lipinski definition) is 4. The molecule has 0 aliphatic heterocycles. The summed E-state index contributed by atoms with van der Waals surface area (Å²) in [4.78, 5) is 26.0. The molecule has 1 fully saturated rings. The number of fused-ring (bicyclic) bond motifs is 2. The fourth-order valence-corrected chi connectivity index (χ4v) is 5.77. The van der Waals surface area contributed by atoms with E-state index in [9.17, 15) is 19.8 Å². The normalized spacial score (nSPS) is 40.2.